The second-order valence-corrected chi connectivity index (χ2v) is 8.30. The van der Waals surface area contributed by atoms with E-state index in [2.05, 4.69) is 25.3 Å². The van der Waals surface area contributed by atoms with Gasteiger partial charge in [0, 0.05) is 22.4 Å². The minimum atomic E-state index is -0.593. The number of hydrogen-bond donors (Lipinski definition) is 3. The molecule has 0 saturated carbocycles. The largest absolute Gasteiger partial charge is 0.497 e. The fourth-order valence-corrected chi connectivity index (χ4v) is 4.77. The number of aryl methyl sites for hydroxylation is 1. The monoisotopic (exact) mass is 464 g/mol. The molecule has 0 fully saturated rings. The van der Waals surface area contributed by atoms with E-state index in [4.69, 9.17) is 9.72 Å². The molecule has 9 heteroatoms. The van der Waals surface area contributed by atoms with Crippen LogP contribution in [0.25, 0.3) is 22.2 Å². The highest BCUT2D eigenvalue weighted by atomic mass is 16.5. The fourth-order valence-electron chi connectivity index (χ4n) is 4.77. The number of anilines is 2. The summed E-state index contributed by atoms with van der Waals surface area (Å²) in [7, 11) is 1.60. The number of methoxy groups -OCH3 is 1. The molecular weight excluding hydrogens is 444 g/mol. The van der Waals surface area contributed by atoms with E-state index in [9.17, 15) is 9.59 Å². The Balaban J connectivity index is 1.71. The summed E-state index contributed by atoms with van der Waals surface area (Å²) in [6.07, 6.45) is 1.53. The molecule has 0 amide bonds. The van der Waals surface area contributed by atoms with Crippen LogP contribution in [0.3, 0.4) is 0 Å². The number of nitrogens with zero attached hydrogens (tertiary/aromatic N) is 3. The highest BCUT2D eigenvalue weighted by Crippen LogP contribution is 2.45. The van der Waals surface area contributed by atoms with Crippen LogP contribution < -0.4 is 21.3 Å². The Morgan fingerprint density at radius 1 is 0.914 bits per heavy atom. The molecule has 1 atom stereocenters. The van der Waals surface area contributed by atoms with Crippen LogP contribution >= 0.6 is 0 Å². The minimum absolute atomic E-state index is 0.315. The average Bonchev–Trinajstić information content (AvgIpc) is 2.87. The quantitative estimate of drug-likeness (QED) is 0.365. The lowest BCUT2D eigenvalue weighted by Crippen LogP contribution is -2.32. The number of ether oxygens (including phenoxy) is 1. The second-order valence-electron chi connectivity index (χ2n) is 8.30. The van der Waals surface area contributed by atoms with Crippen LogP contribution in [0, 0.1) is 6.92 Å². The lowest BCUT2D eigenvalue weighted by atomic mass is 9.82. The summed E-state index contributed by atoms with van der Waals surface area (Å²) in [5.74, 6) is 0.999. The van der Waals surface area contributed by atoms with Gasteiger partial charge in [-0.3, -0.25) is 14.8 Å². The molecule has 2 aromatic carbocycles. The first-order valence-corrected chi connectivity index (χ1v) is 11.0. The van der Waals surface area contributed by atoms with Crippen molar-refractivity contribution in [3.05, 3.63) is 104 Å². The molecular formula is C26H20N6O3. The minimum Gasteiger partial charge on any atom is -0.497 e. The third kappa shape index (κ3) is 3.28. The van der Waals surface area contributed by atoms with Crippen LogP contribution in [0.4, 0.5) is 11.6 Å². The molecule has 0 radical (unpaired) electrons. The Hall–Kier alpha value is -4.79. The van der Waals surface area contributed by atoms with Crippen molar-refractivity contribution in [3.63, 3.8) is 0 Å². The maximum absolute atomic E-state index is 13.1. The molecule has 1 unspecified atom stereocenters. The molecule has 5 aromatic rings. The van der Waals surface area contributed by atoms with Gasteiger partial charge in [0.25, 0.3) is 5.56 Å². The van der Waals surface area contributed by atoms with Crippen molar-refractivity contribution in [1.82, 2.24) is 24.9 Å². The van der Waals surface area contributed by atoms with Crippen molar-refractivity contribution in [3.8, 4) is 17.0 Å². The smallest absolute Gasteiger partial charge is 0.327 e. The molecule has 1 aliphatic rings. The number of rotatable bonds is 3. The van der Waals surface area contributed by atoms with Crippen LogP contribution in [0.15, 0.2) is 70.5 Å². The summed E-state index contributed by atoms with van der Waals surface area (Å²) in [6, 6.07) is 17.3. The molecule has 0 aliphatic carbocycles. The Morgan fingerprint density at radius 2 is 1.69 bits per heavy atom. The van der Waals surface area contributed by atoms with Crippen LogP contribution in [0.2, 0.25) is 0 Å². The topological polar surface area (TPSA) is 126 Å². The molecule has 3 N–H and O–H groups in total. The van der Waals surface area contributed by atoms with Crippen LogP contribution in [0.5, 0.6) is 5.75 Å². The van der Waals surface area contributed by atoms with E-state index in [0.29, 0.717) is 28.5 Å². The third-order valence-electron chi connectivity index (χ3n) is 6.30. The Bertz CT molecular complexity index is 1710. The zero-order chi connectivity index (χ0) is 24.1. The molecule has 3 aromatic heterocycles. The van der Waals surface area contributed by atoms with E-state index in [1.54, 1.807) is 7.11 Å². The van der Waals surface area contributed by atoms with Gasteiger partial charge >= 0.3 is 5.69 Å². The number of hydrogen-bond acceptors (Lipinski definition) is 7. The van der Waals surface area contributed by atoms with Crippen LogP contribution in [-0.2, 0) is 0 Å². The maximum Gasteiger partial charge on any atom is 0.327 e. The Labute approximate surface area is 198 Å². The molecule has 6 rings (SSSR count). The van der Waals surface area contributed by atoms with Crippen molar-refractivity contribution in [2.24, 2.45) is 0 Å². The van der Waals surface area contributed by atoms with E-state index < -0.39 is 17.2 Å². The molecule has 1 aliphatic heterocycles. The van der Waals surface area contributed by atoms with Gasteiger partial charge in [-0.1, -0.05) is 42.5 Å². The van der Waals surface area contributed by atoms with E-state index in [1.807, 2.05) is 61.5 Å². The normalized spacial score (nSPS) is 14.2. The van der Waals surface area contributed by atoms with Crippen molar-refractivity contribution in [1.29, 1.82) is 0 Å². The van der Waals surface area contributed by atoms with Gasteiger partial charge in [0.2, 0.25) is 0 Å². The zero-order valence-corrected chi connectivity index (χ0v) is 18.9. The lowest BCUT2D eigenvalue weighted by molar-refractivity contribution is 0.414. The molecule has 0 bridgehead atoms. The van der Waals surface area contributed by atoms with Gasteiger partial charge in [-0.2, -0.15) is 0 Å². The molecule has 0 spiro atoms. The molecule has 0 saturated heterocycles. The van der Waals surface area contributed by atoms with Gasteiger partial charge in [-0.25, -0.2) is 19.7 Å². The number of aromatic amines is 2. The molecule has 35 heavy (non-hydrogen) atoms. The van der Waals surface area contributed by atoms with Gasteiger partial charge in [0.1, 0.15) is 23.7 Å². The molecule has 9 nitrogen and oxygen atoms in total. The number of nitrogens with one attached hydrogen (secondary N) is 3. The van der Waals surface area contributed by atoms with Crippen molar-refractivity contribution in [2.45, 2.75) is 12.8 Å². The number of aromatic nitrogens is 5. The van der Waals surface area contributed by atoms with Crippen molar-refractivity contribution >= 4 is 22.5 Å². The first-order chi connectivity index (χ1) is 17.0. The lowest BCUT2D eigenvalue weighted by Gasteiger charge is -2.29. The van der Waals surface area contributed by atoms with E-state index >= 15 is 0 Å². The number of H-pyrrole nitrogens is 2. The highest BCUT2D eigenvalue weighted by molar-refractivity contribution is 5.99. The van der Waals surface area contributed by atoms with Crippen LogP contribution in [0.1, 0.15) is 28.3 Å². The Morgan fingerprint density at radius 3 is 2.43 bits per heavy atom. The van der Waals surface area contributed by atoms with Gasteiger partial charge in [-0.15, -0.1) is 0 Å². The third-order valence-corrected chi connectivity index (χ3v) is 6.30. The maximum atomic E-state index is 13.1. The highest BCUT2D eigenvalue weighted by Gasteiger charge is 2.34. The van der Waals surface area contributed by atoms with Crippen LogP contribution in [-0.4, -0.2) is 32.0 Å². The predicted molar refractivity (Wildman–Crippen MR) is 132 cm³/mol. The summed E-state index contributed by atoms with van der Waals surface area (Å²) >= 11 is 0. The van der Waals surface area contributed by atoms with Crippen molar-refractivity contribution in [2.75, 3.05) is 12.4 Å². The van der Waals surface area contributed by atoms with Gasteiger partial charge < -0.3 is 10.1 Å². The number of benzene rings is 2. The average molecular weight is 464 g/mol. The summed E-state index contributed by atoms with van der Waals surface area (Å²) < 4.78 is 5.32. The van der Waals surface area contributed by atoms with Crippen molar-refractivity contribution < 1.29 is 4.74 Å². The number of pyridine rings is 1. The summed E-state index contributed by atoms with van der Waals surface area (Å²) in [4.78, 5) is 44.3. The summed E-state index contributed by atoms with van der Waals surface area (Å²) in [5, 5.41) is 3.97. The molecule has 172 valence electrons. The molecule has 4 heterocycles. The Kier molecular flexibility index (Phi) is 4.70. The first kappa shape index (κ1) is 20.8. The van der Waals surface area contributed by atoms with E-state index in [-0.39, 0.29) is 0 Å². The fraction of sp³-hybridized carbons (Fsp3) is 0.115. The van der Waals surface area contributed by atoms with Gasteiger partial charge in [0.15, 0.2) is 0 Å². The predicted octanol–water partition coefficient (Wildman–Crippen LogP) is 3.62. The summed E-state index contributed by atoms with van der Waals surface area (Å²) in [6.45, 7) is 1.90. The van der Waals surface area contributed by atoms with E-state index in [1.165, 1.54) is 6.33 Å². The zero-order valence-electron chi connectivity index (χ0n) is 18.9. The van der Waals surface area contributed by atoms with Gasteiger partial charge in [0.05, 0.1) is 29.6 Å². The standard InChI is InChI=1S/C26H20N6O3/c1-13-17-21(15-6-4-3-5-7-15)27-12-28-22(17)19-18(14-8-10-16(35-2)11-9-14)20-24(30-23(19)29-13)31-26(34)32-25(20)33/h3-12,18H,1-2H3,(H3,29,30,31,32,33,34). The number of fused-ring (bicyclic) bond motifs is 4. The SMILES string of the molecule is COc1ccc(C2c3c([nH]c(=O)[nH]c3=O)Nc3nc(C)c4c(-c5ccccc5)ncnc4c32)cc1. The first-order valence-electron chi connectivity index (χ1n) is 11.0. The van der Waals surface area contributed by atoms with Gasteiger partial charge in [-0.05, 0) is 24.6 Å². The second kappa shape index (κ2) is 7.91. The van der Waals surface area contributed by atoms with E-state index in [0.717, 1.165) is 33.5 Å². The summed E-state index contributed by atoms with van der Waals surface area (Å²) in [5.41, 5.74) is 4.00.